The van der Waals surface area contributed by atoms with Gasteiger partial charge in [-0.15, -0.1) is 11.3 Å². The second-order valence-electron chi connectivity index (χ2n) is 7.07. The third kappa shape index (κ3) is 2.94. The number of rotatable bonds is 3. The normalized spacial score (nSPS) is 20.5. The molecular weight excluding hydrogens is 344 g/mol. The van der Waals surface area contributed by atoms with Crippen molar-refractivity contribution in [1.82, 2.24) is 9.97 Å². The van der Waals surface area contributed by atoms with Gasteiger partial charge in [-0.2, -0.15) is 0 Å². The van der Waals surface area contributed by atoms with Crippen LogP contribution in [0.3, 0.4) is 0 Å². The van der Waals surface area contributed by atoms with Crippen molar-refractivity contribution in [2.24, 2.45) is 11.7 Å². The van der Waals surface area contributed by atoms with Crippen LogP contribution in [-0.4, -0.2) is 28.5 Å². The summed E-state index contributed by atoms with van der Waals surface area (Å²) < 4.78 is 0. The van der Waals surface area contributed by atoms with Crippen LogP contribution in [0.25, 0.3) is 21.3 Å². The van der Waals surface area contributed by atoms with Crippen LogP contribution < -0.4 is 10.6 Å². The molecule has 0 unspecified atom stereocenters. The lowest BCUT2D eigenvalue weighted by atomic mass is 9.92. The Morgan fingerprint density at radius 3 is 2.73 bits per heavy atom. The Morgan fingerprint density at radius 1 is 1.23 bits per heavy atom. The second-order valence-corrected chi connectivity index (χ2v) is 7.93. The van der Waals surface area contributed by atoms with Crippen LogP contribution >= 0.6 is 11.3 Å². The van der Waals surface area contributed by atoms with Gasteiger partial charge in [-0.25, -0.2) is 9.97 Å². The van der Waals surface area contributed by atoms with Crippen molar-refractivity contribution < 1.29 is 4.79 Å². The van der Waals surface area contributed by atoms with Gasteiger partial charge >= 0.3 is 0 Å². The molecule has 0 saturated carbocycles. The van der Waals surface area contributed by atoms with E-state index in [1.165, 1.54) is 5.56 Å². The molecule has 1 aliphatic rings. The number of nitrogens with two attached hydrogens (primary N) is 1. The van der Waals surface area contributed by atoms with E-state index in [1.807, 2.05) is 0 Å². The molecule has 2 aromatic heterocycles. The minimum absolute atomic E-state index is 0.127. The van der Waals surface area contributed by atoms with Crippen LogP contribution in [0.15, 0.2) is 36.0 Å². The van der Waals surface area contributed by atoms with E-state index >= 15 is 0 Å². The standard InChI is InChI=1S/C20H22N4OS/c1-12-3-6-14(7-4-12)16-10-26-20-17(16)19(22-11-23-20)24-9-15(18(21)25)8-5-13(24)2/h3-4,6-7,10-11,13,15H,5,8-9H2,1-2H3,(H2,21,25)/t13-,15-/m1/s1. The van der Waals surface area contributed by atoms with Gasteiger partial charge in [0, 0.05) is 23.5 Å². The number of amides is 1. The van der Waals surface area contributed by atoms with Crippen LogP contribution in [0, 0.1) is 12.8 Å². The number of carbonyl (C=O) groups excluding carboxylic acids is 1. The zero-order chi connectivity index (χ0) is 18.3. The third-order valence-electron chi connectivity index (χ3n) is 5.27. The van der Waals surface area contributed by atoms with Crippen LogP contribution in [-0.2, 0) is 4.79 Å². The minimum Gasteiger partial charge on any atom is -0.369 e. The SMILES string of the molecule is Cc1ccc(-c2csc3ncnc(N4C[C@H](C(N)=O)CC[C@H]4C)c23)cc1. The van der Waals surface area contributed by atoms with Crippen molar-refractivity contribution in [2.45, 2.75) is 32.7 Å². The largest absolute Gasteiger partial charge is 0.369 e. The number of aromatic nitrogens is 2. The van der Waals surface area contributed by atoms with Crippen molar-refractivity contribution in [3.05, 3.63) is 41.5 Å². The van der Waals surface area contributed by atoms with E-state index in [0.29, 0.717) is 12.6 Å². The fourth-order valence-electron chi connectivity index (χ4n) is 3.66. The zero-order valence-corrected chi connectivity index (χ0v) is 15.8. The molecule has 1 saturated heterocycles. The van der Waals surface area contributed by atoms with Crippen molar-refractivity contribution >= 4 is 33.3 Å². The molecule has 1 aromatic carbocycles. The average Bonchev–Trinajstić information content (AvgIpc) is 3.07. The number of piperidine rings is 1. The molecule has 1 amide bonds. The fraction of sp³-hybridized carbons (Fsp3) is 0.350. The lowest BCUT2D eigenvalue weighted by Crippen LogP contribution is -2.46. The number of carbonyl (C=O) groups is 1. The van der Waals surface area contributed by atoms with Crippen molar-refractivity contribution in [2.75, 3.05) is 11.4 Å². The number of benzene rings is 1. The van der Waals surface area contributed by atoms with Crippen LogP contribution in [0.4, 0.5) is 5.82 Å². The molecular formula is C20H22N4OS. The van der Waals surface area contributed by atoms with Gasteiger partial charge in [0.2, 0.25) is 5.91 Å². The van der Waals surface area contributed by atoms with E-state index in [1.54, 1.807) is 17.7 Å². The van der Waals surface area contributed by atoms with Gasteiger partial charge in [-0.05, 0) is 32.3 Å². The van der Waals surface area contributed by atoms with Crippen molar-refractivity contribution in [1.29, 1.82) is 0 Å². The van der Waals surface area contributed by atoms with Gasteiger partial charge < -0.3 is 10.6 Å². The molecule has 3 heterocycles. The van der Waals surface area contributed by atoms with E-state index in [0.717, 1.165) is 40.0 Å². The van der Waals surface area contributed by atoms with Crippen LogP contribution in [0.1, 0.15) is 25.3 Å². The Morgan fingerprint density at radius 2 is 2.00 bits per heavy atom. The lowest BCUT2D eigenvalue weighted by Gasteiger charge is -2.38. The molecule has 2 N–H and O–H groups in total. The first-order valence-electron chi connectivity index (χ1n) is 8.90. The average molecular weight is 366 g/mol. The molecule has 1 fully saturated rings. The highest BCUT2D eigenvalue weighted by molar-refractivity contribution is 7.17. The van der Waals surface area contributed by atoms with E-state index in [-0.39, 0.29) is 11.8 Å². The summed E-state index contributed by atoms with van der Waals surface area (Å²) in [5.74, 6) is 0.555. The lowest BCUT2D eigenvalue weighted by molar-refractivity contribution is -0.122. The summed E-state index contributed by atoms with van der Waals surface area (Å²) in [7, 11) is 0. The van der Waals surface area contributed by atoms with E-state index in [4.69, 9.17) is 5.73 Å². The van der Waals surface area contributed by atoms with Crippen molar-refractivity contribution in [3.63, 3.8) is 0 Å². The second kappa shape index (κ2) is 6.68. The predicted molar refractivity (Wildman–Crippen MR) is 106 cm³/mol. The highest BCUT2D eigenvalue weighted by atomic mass is 32.1. The molecule has 5 nitrogen and oxygen atoms in total. The van der Waals surface area contributed by atoms with Gasteiger partial charge in [-0.3, -0.25) is 4.79 Å². The summed E-state index contributed by atoms with van der Waals surface area (Å²) in [6.07, 6.45) is 3.40. The van der Waals surface area contributed by atoms with E-state index in [9.17, 15) is 4.79 Å². The minimum atomic E-state index is -0.226. The molecule has 3 aromatic rings. The maximum atomic E-state index is 11.7. The van der Waals surface area contributed by atoms with Gasteiger partial charge in [0.1, 0.15) is 17.0 Å². The van der Waals surface area contributed by atoms with Crippen LogP contribution in [0.5, 0.6) is 0 Å². The highest BCUT2D eigenvalue weighted by Crippen LogP contribution is 2.39. The Labute approximate surface area is 156 Å². The van der Waals surface area contributed by atoms with Gasteiger partial charge in [-0.1, -0.05) is 29.8 Å². The number of primary amides is 1. The number of thiophene rings is 1. The molecule has 6 heteroatoms. The molecule has 0 spiro atoms. The topological polar surface area (TPSA) is 72.1 Å². The molecule has 2 atom stereocenters. The smallest absolute Gasteiger partial charge is 0.222 e. The number of fused-ring (bicyclic) bond motifs is 1. The Bertz CT molecular complexity index is 950. The number of nitrogens with zero attached hydrogens (tertiary/aromatic N) is 3. The number of hydrogen-bond acceptors (Lipinski definition) is 5. The number of anilines is 1. The van der Waals surface area contributed by atoms with Gasteiger partial charge in [0.25, 0.3) is 0 Å². The third-order valence-corrected chi connectivity index (χ3v) is 6.16. The summed E-state index contributed by atoms with van der Waals surface area (Å²) in [6, 6.07) is 8.83. The molecule has 0 aliphatic carbocycles. The van der Waals surface area contributed by atoms with Gasteiger partial charge in [0.15, 0.2) is 0 Å². The van der Waals surface area contributed by atoms with E-state index in [2.05, 4.69) is 58.4 Å². The maximum absolute atomic E-state index is 11.7. The van der Waals surface area contributed by atoms with Crippen LogP contribution in [0.2, 0.25) is 0 Å². The van der Waals surface area contributed by atoms with Gasteiger partial charge in [0.05, 0.1) is 11.3 Å². The molecule has 134 valence electrons. The Balaban J connectivity index is 1.83. The monoisotopic (exact) mass is 366 g/mol. The molecule has 26 heavy (non-hydrogen) atoms. The Hall–Kier alpha value is -2.47. The summed E-state index contributed by atoms with van der Waals surface area (Å²) in [6.45, 7) is 4.89. The van der Waals surface area contributed by atoms with Crippen molar-refractivity contribution in [3.8, 4) is 11.1 Å². The molecule has 0 radical (unpaired) electrons. The molecule has 1 aliphatic heterocycles. The zero-order valence-electron chi connectivity index (χ0n) is 15.0. The summed E-state index contributed by atoms with van der Waals surface area (Å²) in [5, 5.41) is 3.21. The number of aryl methyl sites for hydroxylation is 1. The first-order chi connectivity index (χ1) is 12.5. The first-order valence-corrected chi connectivity index (χ1v) is 9.77. The quantitative estimate of drug-likeness (QED) is 0.766. The van der Waals surface area contributed by atoms with E-state index < -0.39 is 0 Å². The Kier molecular flexibility index (Phi) is 4.36. The predicted octanol–water partition coefficient (Wildman–Crippen LogP) is 3.76. The summed E-state index contributed by atoms with van der Waals surface area (Å²) in [5.41, 5.74) is 9.13. The summed E-state index contributed by atoms with van der Waals surface area (Å²) in [4.78, 5) is 24.0. The molecule has 4 rings (SSSR count). The highest BCUT2D eigenvalue weighted by Gasteiger charge is 2.31. The fourth-order valence-corrected chi connectivity index (χ4v) is 4.57. The number of hydrogen-bond donors (Lipinski definition) is 1. The summed E-state index contributed by atoms with van der Waals surface area (Å²) >= 11 is 1.63. The maximum Gasteiger partial charge on any atom is 0.222 e. The first kappa shape index (κ1) is 17.0. The molecule has 0 bridgehead atoms.